The van der Waals surface area contributed by atoms with E-state index in [4.69, 9.17) is 36.1 Å². The molecule has 3 fully saturated rings. The largest absolute Gasteiger partial charge is 0.495 e. The molecule has 1 saturated heterocycles. The molecular weight excluding hydrogens is 1900 g/mol. The molecule has 2 saturated carbocycles. The summed E-state index contributed by atoms with van der Waals surface area (Å²) in [5.74, 6) is -12.3. The minimum absolute atomic E-state index is 0.0216. The van der Waals surface area contributed by atoms with Gasteiger partial charge in [-0.05, 0) is 131 Å². The van der Waals surface area contributed by atoms with Crippen LogP contribution in [0.2, 0.25) is 0 Å². The van der Waals surface area contributed by atoms with Crippen molar-refractivity contribution in [1.82, 2.24) is 87.6 Å². The van der Waals surface area contributed by atoms with Gasteiger partial charge in [0, 0.05) is 104 Å². The Morgan fingerprint density at radius 1 is 0.704 bits per heavy atom. The number of hydrogen-bond donors (Lipinski definition) is 20. The molecule has 3 aromatic carbocycles. The number of guanidine groups is 1. The highest BCUT2D eigenvalue weighted by atomic mass is 33.1. The highest BCUT2D eigenvalue weighted by Gasteiger charge is 2.45. The number of imide groups is 2. The van der Waals surface area contributed by atoms with Gasteiger partial charge in [-0.25, -0.2) is 34.2 Å². The maximum atomic E-state index is 15.0. The van der Waals surface area contributed by atoms with Gasteiger partial charge in [-0.2, -0.15) is 9.97 Å². The molecule has 8 atom stereocenters. The van der Waals surface area contributed by atoms with Crippen LogP contribution in [-0.2, 0) is 84.9 Å². The number of anilines is 6. The monoisotopic (exact) mass is 2010 g/mol. The second-order valence-electron chi connectivity index (χ2n) is 33.7. The standard InChI is InChI=1S/C90H110N24O26S2/c1-4-63-84(132)111(2)65-43-98-89(109-74(65)113(63)52-13-5-6-14-52)106-56-26-19-48(37-66(56)138-3)82(130)114(53-24-22-49(23-25-53)94-32-34-139-33-8-7-11-46-12-9-15-54-55(46)44-112(83(54)131)64-28-30-68(116)107-80(64)128)90(137)140-35-36-141-142-45-62(86(135)136)105-79(127)61(40-71(121)122)104-78(126)60(39-70(119)120)103-76(124)57(16-10-31-95-87(91)92)101-77(125)59(38-69(117)118)100-67(115)29-27-58(85(133)134)102-75(123)47-17-20-50(21-18-47)96-41-51-42-97-73-72(99-51)81(129)110-88(93)108-73/h9,12,15,17-21,26,37,42-43,49,52-53,57-64,94,96H,4-6,8,10,13-14,16,22-25,27-36,38-41,44-45H2,1-3H3,(H,100,115)(H,101,125)(H,102,123)(H,103,124)(H,104,126)(H,105,127)(H,117,118)(H,119,120)(H,121,122)(H,133,134)(H,135,136)(H4,91,92,95)(H,98,106,109)(H,107,116,128)(H3,93,97,108,110,129)/t49?,53?,57?,58-,59-,60-,61-,62-,63+,64?/m0/s1. The maximum absolute atomic E-state index is 15.0. The van der Waals surface area contributed by atoms with E-state index in [9.17, 15) is 112 Å². The first-order chi connectivity index (χ1) is 67.9. The second kappa shape index (κ2) is 51.0. The average molecular weight is 2010 g/mol. The number of ether oxygens (including phenoxy) is 3. The molecule has 142 heavy (non-hydrogen) atoms. The Labute approximate surface area is 818 Å². The van der Waals surface area contributed by atoms with E-state index in [0.29, 0.717) is 96.9 Å². The molecule has 6 heterocycles. The number of fused-ring (bicyclic) bond motifs is 3. The third-order valence-electron chi connectivity index (χ3n) is 23.8. The average Bonchev–Trinajstić information content (AvgIpc) is 0.788. The van der Waals surface area contributed by atoms with Gasteiger partial charge in [0.2, 0.25) is 59.2 Å². The molecule has 3 aromatic heterocycles. The van der Waals surface area contributed by atoms with E-state index in [2.05, 4.69) is 94.8 Å². The van der Waals surface area contributed by atoms with Crippen LogP contribution in [0.4, 0.5) is 39.6 Å². The van der Waals surface area contributed by atoms with Crippen LogP contribution in [0.1, 0.15) is 177 Å². The highest BCUT2D eigenvalue weighted by Crippen LogP contribution is 2.41. The molecule has 11 rings (SSSR count). The fraction of sp³-hybridized carbons (Fsp3) is 0.467. The number of aromatic nitrogens is 6. The predicted octanol–water partition coefficient (Wildman–Crippen LogP) is 0.893. The number of nitrogens with one attached hydrogen (secondary N) is 13. The number of likely N-dealkylation sites (N-methyl/N-ethyl adjacent to an activating group) is 1. The number of methoxy groups -OCH3 is 1. The van der Waals surface area contributed by atoms with E-state index >= 15 is 0 Å². The van der Waals surface area contributed by atoms with Crippen molar-refractivity contribution >= 4 is 174 Å². The first-order valence-corrected chi connectivity index (χ1v) is 48.0. The molecular formula is C90H110N24O26S2. The normalized spacial score (nSPS) is 17.3. The number of aliphatic carboxylic acids is 5. The van der Waals surface area contributed by atoms with Crippen LogP contribution in [0, 0.1) is 17.3 Å². The van der Waals surface area contributed by atoms with Crippen LogP contribution >= 0.6 is 21.6 Å². The summed E-state index contributed by atoms with van der Waals surface area (Å²) in [5, 5.41) is 85.1. The van der Waals surface area contributed by atoms with Crippen LogP contribution in [0.3, 0.4) is 0 Å². The lowest BCUT2D eigenvalue weighted by Crippen LogP contribution is -2.59. The summed E-state index contributed by atoms with van der Waals surface area (Å²) in [6.45, 7) is 2.69. The maximum Gasteiger partial charge on any atom is 0.417 e. The van der Waals surface area contributed by atoms with Gasteiger partial charge in [0.05, 0.1) is 69.9 Å². The van der Waals surface area contributed by atoms with Crippen molar-refractivity contribution < 1.29 is 121 Å². The number of nitrogen functional groups attached to an aromatic ring is 1. The molecule has 3 aliphatic heterocycles. The van der Waals surface area contributed by atoms with Crippen molar-refractivity contribution in [2.45, 2.75) is 208 Å². The lowest BCUT2D eigenvalue weighted by atomic mass is 9.90. The van der Waals surface area contributed by atoms with Gasteiger partial charge >= 0.3 is 35.9 Å². The summed E-state index contributed by atoms with van der Waals surface area (Å²) in [5.41, 5.74) is 13.8. The number of nitrogens with two attached hydrogens (primary N) is 2. The smallest absolute Gasteiger partial charge is 0.417 e. The number of carboxylic acids is 5. The Kier molecular flexibility index (Phi) is 38.4. The van der Waals surface area contributed by atoms with Crippen molar-refractivity contribution in [3.63, 3.8) is 0 Å². The summed E-state index contributed by atoms with van der Waals surface area (Å²) in [7, 11) is 4.88. The van der Waals surface area contributed by atoms with Crippen molar-refractivity contribution in [1.29, 1.82) is 5.41 Å². The van der Waals surface area contributed by atoms with Gasteiger partial charge in [0.1, 0.15) is 66.4 Å². The number of carbonyl (C=O) groups is 17. The molecule has 5 aliphatic rings. The zero-order valence-electron chi connectivity index (χ0n) is 77.4. The fourth-order valence-electron chi connectivity index (χ4n) is 16.6. The van der Waals surface area contributed by atoms with Gasteiger partial charge in [-0.1, -0.05) is 59.3 Å². The number of carbonyl (C=O) groups excluding carboxylic acids is 12. The lowest BCUT2D eigenvalue weighted by molar-refractivity contribution is -0.144. The minimum Gasteiger partial charge on any atom is -0.495 e. The third kappa shape index (κ3) is 29.4. The van der Waals surface area contributed by atoms with Gasteiger partial charge in [-0.3, -0.25) is 87.6 Å². The van der Waals surface area contributed by atoms with Crippen molar-refractivity contribution in [2.75, 3.05) is 84.7 Å². The lowest BCUT2D eigenvalue weighted by Gasteiger charge is -2.43. The number of H-pyrrole nitrogens is 1. The number of aromatic amines is 1. The zero-order chi connectivity index (χ0) is 103. The van der Waals surface area contributed by atoms with E-state index in [1.165, 1.54) is 54.6 Å². The molecule has 12 amide bonds. The molecule has 0 radical (unpaired) electrons. The van der Waals surface area contributed by atoms with Crippen molar-refractivity contribution in [2.24, 2.45) is 5.73 Å². The second-order valence-corrected chi connectivity index (χ2v) is 36.3. The summed E-state index contributed by atoms with van der Waals surface area (Å²) in [4.78, 5) is 268. The van der Waals surface area contributed by atoms with Crippen LogP contribution in [-0.4, -0.2) is 297 Å². The van der Waals surface area contributed by atoms with E-state index in [1.807, 2.05) is 12.2 Å². The molecule has 2 unspecified atom stereocenters. The molecule has 6 aromatic rings. The van der Waals surface area contributed by atoms with E-state index in [1.54, 1.807) is 42.4 Å². The fourth-order valence-corrected chi connectivity index (χ4v) is 18.6. The van der Waals surface area contributed by atoms with Crippen LogP contribution in [0.5, 0.6) is 5.75 Å². The molecule has 52 heteroatoms. The first-order valence-electron chi connectivity index (χ1n) is 45.5. The Balaban J connectivity index is 0.680. The molecule has 758 valence electrons. The van der Waals surface area contributed by atoms with Crippen LogP contribution in [0.15, 0.2) is 77.9 Å². The number of hydrogen-bond acceptors (Lipinski definition) is 34. The van der Waals surface area contributed by atoms with Gasteiger partial charge < -0.3 is 119 Å². The Morgan fingerprint density at radius 3 is 2.01 bits per heavy atom. The quantitative estimate of drug-likeness (QED) is 0.00630. The topological polar surface area (TPSA) is 738 Å². The van der Waals surface area contributed by atoms with Gasteiger partial charge in [-0.15, -0.1) is 0 Å². The minimum atomic E-state index is -2.23. The molecule has 2 aliphatic carbocycles. The van der Waals surface area contributed by atoms with E-state index < -0.39 is 193 Å². The van der Waals surface area contributed by atoms with Gasteiger partial charge in [0.25, 0.3) is 23.3 Å². The zero-order valence-corrected chi connectivity index (χ0v) is 79.0. The number of rotatable bonds is 49. The van der Waals surface area contributed by atoms with Crippen molar-refractivity contribution in [3.8, 4) is 17.6 Å². The molecule has 0 bridgehead atoms. The number of carboxylic acid groups (broad SMARTS) is 5. The van der Waals surface area contributed by atoms with E-state index in [0.717, 1.165) is 52.2 Å². The number of piperidine rings is 1. The van der Waals surface area contributed by atoms with Crippen LogP contribution in [0.25, 0.3) is 11.2 Å². The highest BCUT2D eigenvalue weighted by molar-refractivity contribution is 8.76. The Hall–Kier alpha value is -15.4. The summed E-state index contributed by atoms with van der Waals surface area (Å²) in [6.07, 6.45) is 2.85. The molecule has 0 spiro atoms. The first kappa shape index (κ1) is 107. The van der Waals surface area contributed by atoms with Gasteiger partial charge in [0.15, 0.2) is 22.9 Å². The number of benzene rings is 3. The predicted molar refractivity (Wildman–Crippen MR) is 509 cm³/mol. The summed E-state index contributed by atoms with van der Waals surface area (Å²) < 4.78 is 17.5. The number of amides is 12. The molecule has 22 N–H and O–H groups in total. The number of nitrogens with zero attached hydrogens (tertiary/aromatic N) is 9. The van der Waals surface area contributed by atoms with E-state index in [-0.39, 0.29) is 128 Å². The Bertz CT molecular complexity index is 5890. The van der Waals surface area contributed by atoms with Crippen LogP contribution < -0.4 is 90.0 Å². The molecule has 50 nitrogen and oxygen atoms in total. The summed E-state index contributed by atoms with van der Waals surface area (Å²) in [6, 6.07) is 1.49. The SMILES string of the molecule is CC[C@@H]1C(=O)N(C)c2cnc(Nc3ccc(C(=O)N(C(=O)OCCSSC[C@H](NC(=O)[C@H](CC(=O)O)NC(=O)[C@H](CC(=O)O)NC(=O)C(CCCNC(=N)N)NC(=O)[C@H](CC(=O)O)NC(=O)CC[C@H](NC(=O)c4ccc(NCc5cnc6nc(N)[nH]c(=O)c6n5)cc4)C(=O)O)C(=O)O)C4CCC(NCCOCCC#Cc5cccc6c5CN(C5CCC(=O)NC5=O)C6=O)CC4)cc3OC)nc2N1C1CCCC1. The third-order valence-corrected chi connectivity index (χ3v) is 26.2. The van der Waals surface area contributed by atoms with Crippen molar-refractivity contribution in [3.05, 3.63) is 117 Å². The summed E-state index contributed by atoms with van der Waals surface area (Å²) >= 11 is 0. The Morgan fingerprint density at radius 2 is 1.36 bits per heavy atom.